The van der Waals surface area contributed by atoms with Crippen molar-refractivity contribution in [3.05, 3.63) is 46.2 Å². The molecular formula is C13H12ClN3O2. The van der Waals surface area contributed by atoms with Crippen LogP contribution >= 0.6 is 11.6 Å². The molecule has 5 nitrogen and oxygen atoms in total. The number of aryl methyl sites for hydroxylation is 2. The van der Waals surface area contributed by atoms with Gasteiger partial charge in [0, 0.05) is 5.69 Å². The third-order valence-electron chi connectivity index (χ3n) is 2.53. The molecule has 1 amide bonds. The molecule has 0 radical (unpaired) electrons. The smallest absolute Gasteiger partial charge is 0.261 e. The van der Waals surface area contributed by atoms with Gasteiger partial charge in [-0.3, -0.25) is 10.1 Å². The molecule has 0 aliphatic heterocycles. The Morgan fingerprint density at radius 1 is 1.32 bits per heavy atom. The molecule has 1 aromatic heterocycles. The van der Waals surface area contributed by atoms with E-state index in [9.17, 15) is 9.90 Å². The number of phenolic OH excluding ortho intramolecular Hbond substituents is 1. The van der Waals surface area contributed by atoms with Crippen molar-refractivity contribution in [1.29, 1.82) is 0 Å². The third kappa shape index (κ3) is 3.00. The molecule has 98 valence electrons. The standard InChI is InChI=1S/C13H12ClN3O2/c1-7-4-3-5-9(11(7)18)12(19)17-13-15-8(2)6-10(14)16-13/h3-6,18H,1-2H3,(H,15,16,17,19). The molecule has 0 spiro atoms. The van der Waals surface area contributed by atoms with Gasteiger partial charge in [-0.25, -0.2) is 9.97 Å². The van der Waals surface area contributed by atoms with E-state index in [-0.39, 0.29) is 22.4 Å². The number of carbonyl (C=O) groups excluding carboxylic acids is 1. The summed E-state index contributed by atoms with van der Waals surface area (Å²) in [7, 11) is 0. The molecule has 0 aliphatic carbocycles. The van der Waals surface area contributed by atoms with Crippen LogP contribution in [0.2, 0.25) is 5.15 Å². The third-order valence-corrected chi connectivity index (χ3v) is 2.72. The second-order valence-electron chi connectivity index (χ2n) is 4.08. The van der Waals surface area contributed by atoms with E-state index in [2.05, 4.69) is 15.3 Å². The summed E-state index contributed by atoms with van der Waals surface area (Å²) in [6.45, 7) is 3.46. The Bertz CT molecular complexity index is 624. The van der Waals surface area contributed by atoms with Gasteiger partial charge < -0.3 is 5.11 Å². The Labute approximate surface area is 115 Å². The maximum Gasteiger partial charge on any atom is 0.261 e. The van der Waals surface area contributed by atoms with Gasteiger partial charge >= 0.3 is 0 Å². The van der Waals surface area contributed by atoms with Gasteiger partial charge in [0.2, 0.25) is 5.95 Å². The number of amides is 1. The Balaban J connectivity index is 2.28. The van der Waals surface area contributed by atoms with E-state index in [0.29, 0.717) is 11.3 Å². The highest BCUT2D eigenvalue weighted by Crippen LogP contribution is 2.22. The van der Waals surface area contributed by atoms with Crippen molar-refractivity contribution in [2.24, 2.45) is 0 Å². The zero-order valence-electron chi connectivity index (χ0n) is 10.4. The summed E-state index contributed by atoms with van der Waals surface area (Å²) in [5, 5.41) is 12.6. The fraction of sp³-hybridized carbons (Fsp3) is 0.154. The number of rotatable bonds is 2. The van der Waals surface area contributed by atoms with Gasteiger partial charge in [0.25, 0.3) is 5.91 Å². The summed E-state index contributed by atoms with van der Waals surface area (Å²) in [6, 6.07) is 6.51. The van der Waals surface area contributed by atoms with E-state index >= 15 is 0 Å². The molecule has 0 saturated heterocycles. The number of nitrogens with zero attached hydrogens (tertiary/aromatic N) is 2. The molecule has 0 unspecified atom stereocenters. The van der Waals surface area contributed by atoms with Crippen LogP contribution < -0.4 is 5.32 Å². The lowest BCUT2D eigenvalue weighted by molar-refractivity contribution is 0.102. The summed E-state index contributed by atoms with van der Waals surface area (Å²) < 4.78 is 0. The number of nitrogens with one attached hydrogen (secondary N) is 1. The molecule has 19 heavy (non-hydrogen) atoms. The molecule has 2 N–H and O–H groups in total. The monoisotopic (exact) mass is 277 g/mol. The van der Waals surface area contributed by atoms with Crippen LogP contribution in [0.5, 0.6) is 5.75 Å². The number of halogens is 1. The van der Waals surface area contributed by atoms with Crippen molar-refractivity contribution in [1.82, 2.24) is 9.97 Å². The van der Waals surface area contributed by atoms with Gasteiger partial charge in [-0.1, -0.05) is 23.7 Å². The molecule has 0 bridgehead atoms. The van der Waals surface area contributed by atoms with E-state index in [1.54, 1.807) is 32.0 Å². The maximum atomic E-state index is 12.0. The fourth-order valence-corrected chi connectivity index (χ4v) is 1.84. The van der Waals surface area contributed by atoms with E-state index in [0.717, 1.165) is 0 Å². The van der Waals surface area contributed by atoms with Gasteiger partial charge in [-0.2, -0.15) is 0 Å². The zero-order chi connectivity index (χ0) is 14.0. The highest BCUT2D eigenvalue weighted by molar-refractivity contribution is 6.29. The number of phenols is 1. The van der Waals surface area contributed by atoms with Gasteiger partial charge in [0.05, 0.1) is 5.56 Å². The number of aromatic nitrogens is 2. The van der Waals surface area contributed by atoms with Crippen molar-refractivity contribution in [3.8, 4) is 5.75 Å². The minimum atomic E-state index is -0.483. The molecule has 0 aliphatic rings. The number of carbonyl (C=O) groups is 1. The number of benzene rings is 1. The summed E-state index contributed by atoms with van der Waals surface area (Å²) in [4.78, 5) is 20.0. The Morgan fingerprint density at radius 2 is 2.05 bits per heavy atom. The van der Waals surface area contributed by atoms with Gasteiger partial charge in [0.1, 0.15) is 10.9 Å². The lowest BCUT2D eigenvalue weighted by Gasteiger charge is -2.07. The normalized spacial score (nSPS) is 10.3. The van der Waals surface area contributed by atoms with Gasteiger partial charge in [0.15, 0.2) is 0 Å². The molecule has 6 heteroatoms. The van der Waals surface area contributed by atoms with Gasteiger partial charge in [-0.05, 0) is 31.5 Å². The van der Waals surface area contributed by atoms with Crippen LogP contribution in [0.3, 0.4) is 0 Å². The highest BCUT2D eigenvalue weighted by atomic mass is 35.5. The van der Waals surface area contributed by atoms with Crippen molar-refractivity contribution < 1.29 is 9.90 Å². The lowest BCUT2D eigenvalue weighted by atomic mass is 10.1. The van der Waals surface area contributed by atoms with Crippen molar-refractivity contribution in [3.63, 3.8) is 0 Å². The van der Waals surface area contributed by atoms with Crippen LogP contribution in [0.1, 0.15) is 21.6 Å². The first-order valence-electron chi connectivity index (χ1n) is 5.58. The molecular weight excluding hydrogens is 266 g/mol. The quantitative estimate of drug-likeness (QED) is 0.828. The number of anilines is 1. The first-order valence-corrected chi connectivity index (χ1v) is 5.96. The highest BCUT2D eigenvalue weighted by Gasteiger charge is 2.14. The number of aromatic hydroxyl groups is 1. The maximum absolute atomic E-state index is 12.0. The predicted octanol–water partition coefficient (Wildman–Crippen LogP) is 2.70. The fourth-order valence-electron chi connectivity index (χ4n) is 1.60. The average Bonchev–Trinajstić information content (AvgIpc) is 2.31. The van der Waals surface area contributed by atoms with E-state index < -0.39 is 5.91 Å². The second kappa shape index (κ2) is 5.24. The van der Waals surface area contributed by atoms with Gasteiger partial charge in [-0.15, -0.1) is 0 Å². The summed E-state index contributed by atoms with van der Waals surface area (Å²) in [5.41, 5.74) is 1.43. The van der Waals surface area contributed by atoms with Crippen LogP contribution in [0.4, 0.5) is 5.95 Å². The summed E-state index contributed by atoms with van der Waals surface area (Å²) in [5.74, 6) is -0.433. The Kier molecular flexibility index (Phi) is 3.66. The van der Waals surface area contributed by atoms with Crippen molar-refractivity contribution >= 4 is 23.5 Å². The van der Waals surface area contributed by atoms with E-state index in [4.69, 9.17) is 11.6 Å². The van der Waals surface area contributed by atoms with Crippen molar-refractivity contribution in [2.75, 3.05) is 5.32 Å². The average molecular weight is 278 g/mol. The molecule has 1 aromatic carbocycles. The van der Waals surface area contributed by atoms with Crippen LogP contribution in [0.25, 0.3) is 0 Å². The van der Waals surface area contributed by atoms with Crippen LogP contribution in [-0.4, -0.2) is 21.0 Å². The van der Waals surface area contributed by atoms with Crippen molar-refractivity contribution in [2.45, 2.75) is 13.8 Å². The first kappa shape index (κ1) is 13.3. The Hall–Kier alpha value is -2.14. The van der Waals surface area contributed by atoms with Crippen LogP contribution in [-0.2, 0) is 0 Å². The number of hydrogen-bond donors (Lipinski definition) is 2. The van der Waals surface area contributed by atoms with Crippen LogP contribution in [0, 0.1) is 13.8 Å². The van der Waals surface area contributed by atoms with Crippen LogP contribution in [0.15, 0.2) is 24.3 Å². The van der Waals surface area contributed by atoms with E-state index in [1.165, 1.54) is 6.07 Å². The Morgan fingerprint density at radius 3 is 2.74 bits per heavy atom. The minimum Gasteiger partial charge on any atom is -0.507 e. The lowest BCUT2D eigenvalue weighted by Crippen LogP contribution is -2.15. The SMILES string of the molecule is Cc1cc(Cl)nc(NC(=O)c2cccc(C)c2O)n1. The van der Waals surface area contributed by atoms with E-state index in [1.807, 2.05) is 0 Å². The summed E-state index contributed by atoms with van der Waals surface area (Å²) >= 11 is 5.78. The zero-order valence-corrected chi connectivity index (χ0v) is 11.2. The number of hydrogen-bond acceptors (Lipinski definition) is 4. The molecule has 2 rings (SSSR count). The molecule has 0 saturated carbocycles. The minimum absolute atomic E-state index is 0.0567. The largest absolute Gasteiger partial charge is 0.507 e. The molecule has 0 atom stereocenters. The summed E-state index contributed by atoms with van der Waals surface area (Å²) in [6.07, 6.45) is 0. The number of para-hydroxylation sites is 1. The second-order valence-corrected chi connectivity index (χ2v) is 4.47. The molecule has 0 fully saturated rings. The topological polar surface area (TPSA) is 75.1 Å². The first-order chi connectivity index (χ1) is 8.97. The molecule has 2 aromatic rings. The molecule has 1 heterocycles. The predicted molar refractivity (Wildman–Crippen MR) is 72.6 cm³/mol.